The molecule has 0 bridgehead atoms. The molecule has 1 aromatic heterocycles. The summed E-state index contributed by atoms with van der Waals surface area (Å²) in [6.07, 6.45) is 2.38. The van der Waals surface area contributed by atoms with Crippen molar-refractivity contribution in [3.8, 4) is 0 Å². The number of pyridine rings is 1. The van der Waals surface area contributed by atoms with E-state index in [9.17, 15) is 4.79 Å². The van der Waals surface area contributed by atoms with Crippen LogP contribution in [-0.2, 0) is 4.79 Å². The minimum Gasteiger partial charge on any atom is -0.348 e. The topological polar surface area (TPSA) is 42.0 Å². The van der Waals surface area contributed by atoms with E-state index in [1.54, 1.807) is 24.4 Å². The lowest BCUT2D eigenvalue weighted by Crippen LogP contribution is -2.28. The summed E-state index contributed by atoms with van der Waals surface area (Å²) >= 11 is 17.9. The SMILES string of the molecule is C[C@H](NC(=O)[C@@H]1C[C@H]1c1ccc(Cl)cc1Cl)c1ccc(Cl)cn1. The summed E-state index contributed by atoms with van der Waals surface area (Å²) in [5.74, 6) is 0.124. The number of rotatable bonds is 4. The predicted octanol–water partition coefficient (Wildman–Crippen LogP) is 5.02. The lowest BCUT2D eigenvalue weighted by Gasteiger charge is -2.13. The molecule has 1 aromatic carbocycles. The van der Waals surface area contributed by atoms with Gasteiger partial charge in [-0.15, -0.1) is 0 Å². The maximum absolute atomic E-state index is 12.4. The van der Waals surface area contributed by atoms with Crippen LogP contribution in [0.5, 0.6) is 0 Å². The van der Waals surface area contributed by atoms with Gasteiger partial charge in [-0.05, 0) is 49.1 Å². The molecular formula is C17H15Cl3N2O. The number of halogens is 3. The van der Waals surface area contributed by atoms with Gasteiger partial charge in [-0.25, -0.2) is 0 Å². The molecule has 0 radical (unpaired) electrons. The Balaban J connectivity index is 1.63. The Bertz CT molecular complexity index is 733. The van der Waals surface area contributed by atoms with E-state index in [2.05, 4.69) is 10.3 Å². The van der Waals surface area contributed by atoms with Crippen LogP contribution < -0.4 is 5.32 Å². The second-order valence-electron chi connectivity index (χ2n) is 5.75. The second-order valence-corrected chi connectivity index (χ2v) is 7.03. The molecular weight excluding hydrogens is 355 g/mol. The Morgan fingerprint density at radius 3 is 2.61 bits per heavy atom. The van der Waals surface area contributed by atoms with Gasteiger partial charge in [-0.1, -0.05) is 40.9 Å². The molecule has 3 nitrogen and oxygen atoms in total. The number of benzene rings is 1. The number of hydrogen-bond donors (Lipinski definition) is 1. The summed E-state index contributed by atoms with van der Waals surface area (Å²) in [5, 5.41) is 4.79. The highest BCUT2D eigenvalue weighted by atomic mass is 35.5. The largest absolute Gasteiger partial charge is 0.348 e. The molecule has 1 saturated carbocycles. The first-order chi connectivity index (χ1) is 11.0. The van der Waals surface area contributed by atoms with E-state index in [0.29, 0.717) is 15.1 Å². The molecule has 1 amide bonds. The van der Waals surface area contributed by atoms with E-state index in [0.717, 1.165) is 17.7 Å². The molecule has 1 fully saturated rings. The van der Waals surface area contributed by atoms with Crippen LogP contribution in [0.4, 0.5) is 0 Å². The van der Waals surface area contributed by atoms with Crippen LogP contribution in [0, 0.1) is 5.92 Å². The Morgan fingerprint density at radius 2 is 1.96 bits per heavy atom. The number of nitrogens with zero attached hydrogens (tertiary/aromatic N) is 1. The van der Waals surface area contributed by atoms with Gasteiger partial charge in [0.05, 0.1) is 16.8 Å². The molecule has 23 heavy (non-hydrogen) atoms. The first-order valence-electron chi connectivity index (χ1n) is 7.32. The van der Waals surface area contributed by atoms with Gasteiger partial charge in [0.1, 0.15) is 0 Å². The lowest BCUT2D eigenvalue weighted by molar-refractivity contribution is -0.123. The fraction of sp³-hybridized carbons (Fsp3) is 0.294. The van der Waals surface area contributed by atoms with Crippen molar-refractivity contribution in [3.05, 3.63) is 62.9 Å². The van der Waals surface area contributed by atoms with E-state index < -0.39 is 0 Å². The van der Waals surface area contributed by atoms with Crippen molar-refractivity contribution in [1.82, 2.24) is 10.3 Å². The van der Waals surface area contributed by atoms with Crippen molar-refractivity contribution in [3.63, 3.8) is 0 Å². The third-order valence-electron chi connectivity index (χ3n) is 4.04. The van der Waals surface area contributed by atoms with Crippen LogP contribution >= 0.6 is 34.8 Å². The van der Waals surface area contributed by atoms with Gasteiger partial charge in [0.2, 0.25) is 5.91 Å². The van der Waals surface area contributed by atoms with Gasteiger partial charge in [0, 0.05) is 22.2 Å². The zero-order valence-corrected chi connectivity index (χ0v) is 14.7. The van der Waals surface area contributed by atoms with Crippen LogP contribution in [0.25, 0.3) is 0 Å². The molecule has 0 unspecified atom stereocenters. The lowest BCUT2D eigenvalue weighted by atomic mass is 10.1. The van der Waals surface area contributed by atoms with E-state index in [1.807, 2.05) is 19.1 Å². The third kappa shape index (κ3) is 3.79. The van der Waals surface area contributed by atoms with Gasteiger partial charge in [0.15, 0.2) is 0 Å². The van der Waals surface area contributed by atoms with Gasteiger partial charge in [0.25, 0.3) is 0 Å². The molecule has 3 atom stereocenters. The van der Waals surface area contributed by atoms with E-state index in [-0.39, 0.29) is 23.8 Å². The Labute approximate surface area is 150 Å². The first kappa shape index (κ1) is 16.6. The number of nitrogens with one attached hydrogen (secondary N) is 1. The monoisotopic (exact) mass is 368 g/mol. The average molecular weight is 370 g/mol. The highest BCUT2D eigenvalue weighted by Gasteiger charge is 2.45. The average Bonchev–Trinajstić information content (AvgIpc) is 3.28. The zero-order chi connectivity index (χ0) is 16.6. The van der Waals surface area contributed by atoms with Gasteiger partial charge >= 0.3 is 0 Å². The third-order valence-corrected chi connectivity index (χ3v) is 4.83. The van der Waals surface area contributed by atoms with E-state index in [1.165, 1.54) is 0 Å². The van der Waals surface area contributed by atoms with Gasteiger partial charge in [-0.2, -0.15) is 0 Å². The van der Waals surface area contributed by atoms with Crippen LogP contribution in [0.2, 0.25) is 15.1 Å². The molecule has 1 aliphatic rings. The zero-order valence-electron chi connectivity index (χ0n) is 12.4. The fourth-order valence-electron chi connectivity index (χ4n) is 2.67. The van der Waals surface area contributed by atoms with E-state index >= 15 is 0 Å². The number of amides is 1. The molecule has 2 aromatic rings. The highest BCUT2D eigenvalue weighted by molar-refractivity contribution is 6.35. The molecule has 1 N–H and O–H groups in total. The summed E-state index contributed by atoms with van der Waals surface area (Å²) < 4.78 is 0. The Hall–Kier alpha value is -1.29. The minimum atomic E-state index is -0.165. The maximum Gasteiger partial charge on any atom is 0.224 e. The smallest absolute Gasteiger partial charge is 0.224 e. The molecule has 3 rings (SSSR count). The molecule has 1 aliphatic carbocycles. The quantitative estimate of drug-likeness (QED) is 0.822. The van der Waals surface area contributed by atoms with Crippen molar-refractivity contribution >= 4 is 40.7 Å². The van der Waals surface area contributed by atoms with Crippen molar-refractivity contribution in [1.29, 1.82) is 0 Å². The summed E-state index contributed by atoms with van der Waals surface area (Å²) in [4.78, 5) is 16.6. The summed E-state index contributed by atoms with van der Waals surface area (Å²) in [6, 6.07) is 8.82. The van der Waals surface area contributed by atoms with Crippen molar-refractivity contribution in [2.45, 2.75) is 25.3 Å². The molecule has 6 heteroatoms. The van der Waals surface area contributed by atoms with Gasteiger partial charge in [-0.3, -0.25) is 9.78 Å². The molecule has 0 spiro atoms. The van der Waals surface area contributed by atoms with Crippen molar-refractivity contribution in [2.24, 2.45) is 5.92 Å². The standard InChI is InChI=1S/C17H15Cl3N2O/c1-9(16-5-3-11(19)8-21-16)22-17(23)14-7-13(14)12-4-2-10(18)6-15(12)20/h2-6,8-9,13-14H,7H2,1H3,(H,22,23)/t9-,13-,14+/m0/s1. The molecule has 0 saturated heterocycles. The Kier molecular flexibility index (Phi) is 4.81. The molecule has 1 heterocycles. The Morgan fingerprint density at radius 1 is 1.22 bits per heavy atom. The number of hydrogen-bond acceptors (Lipinski definition) is 2. The minimum absolute atomic E-state index is 0.0188. The van der Waals surface area contributed by atoms with Crippen molar-refractivity contribution < 1.29 is 4.79 Å². The molecule has 120 valence electrons. The van der Waals surface area contributed by atoms with Crippen molar-refractivity contribution in [2.75, 3.05) is 0 Å². The van der Waals surface area contributed by atoms with Crippen LogP contribution in [0.1, 0.15) is 36.6 Å². The normalized spacial score (nSPS) is 20.9. The van der Waals surface area contributed by atoms with Crippen LogP contribution in [0.3, 0.4) is 0 Å². The summed E-state index contributed by atoms with van der Waals surface area (Å²) in [7, 11) is 0. The fourth-order valence-corrected chi connectivity index (χ4v) is 3.33. The second kappa shape index (κ2) is 6.68. The maximum atomic E-state index is 12.4. The predicted molar refractivity (Wildman–Crippen MR) is 93.1 cm³/mol. The van der Waals surface area contributed by atoms with Crippen LogP contribution in [-0.4, -0.2) is 10.9 Å². The van der Waals surface area contributed by atoms with Crippen LogP contribution in [0.15, 0.2) is 36.5 Å². The summed E-state index contributed by atoms with van der Waals surface area (Å²) in [6.45, 7) is 1.90. The number of carbonyl (C=O) groups excluding carboxylic acids is 1. The number of carbonyl (C=O) groups is 1. The van der Waals surface area contributed by atoms with E-state index in [4.69, 9.17) is 34.8 Å². The highest BCUT2D eigenvalue weighted by Crippen LogP contribution is 2.50. The first-order valence-corrected chi connectivity index (χ1v) is 8.46. The summed E-state index contributed by atoms with van der Waals surface area (Å²) in [5.41, 5.74) is 1.76. The number of aromatic nitrogens is 1. The van der Waals surface area contributed by atoms with Gasteiger partial charge < -0.3 is 5.32 Å². The molecule has 0 aliphatic heterocycles.